The van der Waals surface area contributed by atoms with E-state index in [-0.39, 0.29) is 12.5 Å². The maximum Gasteiger partial charge on any atom is 0.336 e. The Morgan fingerprint density at radius 1 is 1.16 bits per heavy atom. The highest BCUT2D eigenvalue weighted by atomic mass is 32.1. The van der Waals surface area contributed by atoms with Gasteiger partial charge in [-0.05, 0) is 30.3 Å². The lowest BCUT2D eigenvalue weighted by molar-refractivity contribution is -0.118. The molecule has 4 rings (SSSR count). The molecule has 0 saturated carbocycles. The first-order valence-corrected chi connectivity index (χ1v) is 8.31. The molecule has 0 fully saturated rings. The number of amides is 1. The summed E-state index contributed by atoms with van der Waals surface area (Å²) in [5, 5.41) is 4.03. The number of anilines is 1. The molecule has 25 heavy (non-hydrogen) atoms. The second kappa shape index (κ2) is 6.37. The van der Waals surface area contributed by atoms with Crippen molar-refractivity contribution in [2.45, 2.75) is 0 Å². The van der Waals surface area contributed by atoms with Crippen molar-refractivity contribution in [2.24, 2.45) is 0 Å². The first-order valence-electron chi connectivity index (χ1n) is 7.49. The number of nitrogens with zero attached hydrogens (tertiary/aromatic N) is 1. The number of aromatic nitrogens is 1. The number of benzene rings is 2. The molecular formula is C18H12N2O4S. The van der Waals surface area contributed by atoms with Gasteiger partial charge in [-0.3, -0.25) is 10.1 Å². The van der Waals surface area contributed by atoms with Crippen LogP contribution >= 0.6 is 11.3 Å². The van der Waals surface area contributed by atoms with Gasteiger partial charge in [0.2, 0.25) is 0 Å². The number of thiazole rings is 1. The number of carbonyl (C=O) groups is 1. The Bertz CT molecular complexity index is 1100. The maximum atomic E-state index is 12.0. The van der Waals surface area contributed by atoms with E-state index in [1.165, 1.54) is 17.4 Å². The summed E-state index contributed by atoms with van der Waals surface area (Å²) >= 11 is 1.40. The predicted octanol–water partition coefficient (Wildman–Crippen LogP) is 3.42. The molecule has 124 valence electrons. The smallest absolute Gasteiger partial charge is 0.336 e. The molecule has 0 unspecified atom stereocenters. The number of hydrogen-bond acceptors (Lipinski definition) is 6. The van der Waals surface area contributed by atoms with Gasteiger partial charge in [-0.25, -0.2) is 9.78 Å². The SMILES string of the molecule is O=C(COc1ccc2ccc(=O)oc2c1)Nc1nc2ccccc2s1. The Kier molecular flexibility index (Phi) is 3.91. The zero-order valence-electron chi connectivity index (χ0n) is 12.9. The summed E-state index contributed by atoms with van der Waals surface area (Å²) in [6, 6.07) is 15.7. The van der Waals surface area contributed by atoms with E-state index in [1.54, 1.807) is 24.3 Å². The molecule has 0 atom stereocenters. The van der Waals surface area contributed by atoms with Crippen molar-refractivity contribution in [1.82, 2.24) is 4.98 Å². The predicted molar refractivity (Wildman–Crippen MR) is 96.2 cm³/mol. The lowest BCUT2D eigenvalue weighted by atomic mass is 10.2. The molecule has 2 heterocycles. The third-order valence-corrected chi connectivity index (χ3v) is 4.46. The van der Waals surface area contributed by atoms with Crippen molar-refractivity contribution in [3.63, 3.8) is 0 Å². The first kappa shape index (κ1) is 15.3. The minimum atomic E-state index is -0.432. The quantitative estimate of drug-likeness (QED) is 0.569. The zero-order chi connectivity index (χ0) is 17.2. The number of ether oxygens (including phenoxy) is 1. The van der Waals surface area contributed by atoms with Crippen LogP contribution in [0.15, 0.2) is 63.8 Å². The third kappa shape index (κ3) is 3.36. The van der Waals surface area contributed by atoms with Crippen LogP contribution < -0.4 is 15.7 Å². The molecule has 0 aliphatic rings. The van der Waals surface area contributed by atoms with Gasteiger partial charge >= 0.3 is 5.63 Å². The average molecular weight is 352 g/mol. The highest BCUT2D eigenvalue weighted by Gasteiger charge is 2.09. The molecule has 0 spiro atoms. The molecule has 4 aromatic rings. The van der Waals surface area contributed by atoms with Crippen LogP contribution in [0, 0.1) is 0 Å². The maximum absolute atomic E-state index is 12.0. The molecule has 2 aromatic carbocycles. The highest BCUT2D eigenvalue weighted by Crippen LogP contribution is 2.25. The molecule has 0 bridgehead atoms. The van der Waals surface area contributed by atoms with E-state index in [1.807, 2.05) is 24.3 Å². The second-order valence-corrected chi connectivity index (χ2v) is 6.31. The van der Waals surface area contributed by atoms with Gasteiger partial charge in [0.05, 0.1) is 10.2 Å². The van der Waals surface area contributed by atoms with Crippen molar-refractivity contribution in [3.8, 4) is 5.75 Å². The summed E-state index contributed by atoms with van der Waals surface area (Å²) in [6.07, 6.45) is 0. The van der Waals surface area contributed by atoms with Crippen LogP contribution in [0.1, 0.15) is 0 Å². The number of nitrogens with one attached hydrogen (secondary N) is 1. The number of hydrogen-bond donors (Lipinski definition) is 1. The molecule has 0 radical (unpaired) electrons. The van der Waals surface area contributed by atoms with Gasteiger partial charge in [0.15, 0.2) is 11.7 Å². The average Bonchev–Trinajstić information content (AvgIpc) is 3.01. The topological polar surface area (TPSA) is 81.4 Å². The number of carbonyl (C=O) groups excluding carboxylic acids is 1. The van der Waals surface area contributed by atoms with E-state index in [9.17, 15) is 9.59 Å². The van der Waals surface area contributed by atoms with E-state index in [2.05, 4.69) is 10.3 Å². The second-order valence-electron chi connectivity index (χ2n) is 5.28. The Morgan fingerprint density at radius 3 is 2.88 bits per heavy atom. The number of para-hydroxylation sites is 1. The molecule has 6 nitrogen and oxygen atoms in total. The minimum absolute atomic E-state index is 0.168. The van der Waals surface area contributed by atoms with Crippen LogP contribution in [0.2, 0.25) is 0 Å². The van der Waals surface area contributed by atoms with Crippen molar-refractivity contribution in [3.05, 3.63) is 65.0 Å². The molecule has 0 aliphatic heterocycles. The molecule has 0 aliphatic carbocycles. The summed E-state index contributed by atoms with van der Waals surface area (Å²) < 4.78 is 11.6. The van der Waals surface area contributed by atoms with Gasteiger partial charge in [-0.2, -0.15) is 0 Å². The van der Waals surface area contributed by atoms with E-state index >= 15 is 0 Å². The summed E-state index contributed by atoms with van der Waals surface area (Å²) in [6.45, 7) is -0.168. The number of fused-ring (bicyclic) bond motifs is 2. The van der Waals surface area contributed by atoms with Crippen LogP contribution in [0.4, 0.5) is 5.13 Å². The summed E-state index contributed by atoms with van der Waals surface area (Å²) in [7, 11) is 0. The summed E-state index contributed by atoms with van der Waals surface area (Å²) in [4.78, 5) is 27.6. The van der Waals surface area contributed by atoms with E-state index in [0.717, 1.165) is 15.6 Å². The van der Waals surface area contributed by atoms with Gasteiger partial charge in [0, 0.05) is 17.5 Å². The fourth-order valence-corrected chi connectivity index (χ4v) is 3.24. The first-order chi connectivity index (χ1) is 12.2. The largest absolute Gasteiger partial charge is 0.484 e. The highest BCUT2D eigenvalue weighted by molar-refractivity contribution is 7.22. The van der Waals surface area contributed by atoms with Gasteiger partial charge in [0.1, 0.15) is 11.3 Å². The zero-order valence-corrected chi connectivity index (χ0v) is 13.7. The normalized spacial score (nSPS) is 10.9. The minimum Gasteiger partial charge on any atom is -0.484 e. The fourth-order valence-electron chi connectivity index (χ4n) is 2.36. The van der Waals surface area contributed by atoms with Gasteiger partial charge in [-0.15, -0.1) is 0 Å². The van der Waals surface area contributed by atoms with E-state index in [0.29, 0.717) is 16.5 Å². The standard InChI is InChI=1S/C18H12N2O4S/c21-16(20-18-19-13-3-1-2-4-15(13)25-18)10-23-12-7-5-11-6-8-17(22)24-14(11)9-12/h1-9H,10H2,(H,19,20,21). The Labute approximate surface area is 145 Å². The van der Waals surface area contributed by atoms with Gasteiger partial charge < -0.3 is 9.15 Å². The Balaban J connectivity index is 1.43. The van der Waals surface area contributed by atoms with Crippen molar-refractivity contribution < 1.29 is 13.9 Å². The van der Waals surface area contributed by atoms with Gasteiger partial charge in [-0.1, -0.05) is 23.5 Å². The Morgan fingerprint density at radius 2 is 2.00 bits per heavy atom. The lowest BCUT2D eigenvalue weighted by Crippen LogP contribution is -2.20. The van der Waals surface area contributed by atoms with Crippen molar-refractivity contribution in [2.75, 3.05) is 11.9 Å². The monoisotopic (exact) mass is 352 g/mol. The molecular weight excluding hydrogens is 340 g/mol. The Hall–Kier alpha value is -3.19. The molecule has 7 heteroatoms. The van der Waals surface area contributed by atoms with Crippen LogP contribution in [0.5, 0.6) is 5.75 Å². The van der Waals surface area contributed by atoms with E-state index < -0.39 is 5.63 Å². The van der Waals surface area contributed by atoms with Crippen molar-refractivity contribution in [1.29, 1.82) is 0 Å². The fraction of sp³-hybridized carbons (Fsp3) is 0.0556. The van der Waals surface area contributed by atoms with Gasteiger partial charge in [0.25, 0.3) is 5.91 Å². The van der Waals surface area contributed by atoms with Crippen LogP contribution in [-0.4, -0.2) is 17.5 Å². The lowest BCUT2D eigenvalue weighted by Gasteiger charge is -2.06. The number of rotatable bonds is 4. The van der Waals surface area contributed by atoms with Crippen molar-refractivity contribution >= 4 is 43.6 Å². The third-order valence-electron chi connectivity index (χ3n) is 3.50. The van der Waals surface area contributed by atoms with Crippen LogP contribution in [-0.2, 0) is 4.79 Å². The van der Waals surface area contributed by atoms with Crippen LogP contribution in [0.3, 0.4) is 0 Å². The molecule has 1 amide bonds. The summed E-state index contributed by atoms with van der Waals surface area (Å²) in [5.41, 5.74) is 0.822. The molecule has 1 N–H and O–H groups in total. The van der Waals surface area contributed by atoms with Crippen LogP contribution in [0.25, 0.3) is 21.2 Å². The molecule has 2 aromatic heterocycles. The van der Waals surface area contributed by atoms with E-state index in [4.69, 9.17) is 9.15 Å². The molecule has 0 saturated heterocycles. The summed E-state index contributed by atoms with van der Waals surface area (Å²) in [5.74, 6) is 0.134.